The molecule has 0 bridgehead atoms. The molecule has 0 aliphatic heterocycles. The molecule has 3 aliphatic rings. The Labute approximate surface area is 226 Å². The molecule has 4 atom stereocenters. The lowest BCUT2D eigenvalue weighted by molar-refractivity contribution is -0.144. The van der Waals surface area contributed by atoms with Crippen LogP contribution in [0.4, 0.5) is 0 Å². The van der Waals surface area contributed by atoms with Crippen molar-refractivity contribution in [3.05, 3.63) is 50.4 Å². The molecule has 1 amide bonds. The molecule has 0 radical (unpaired) electrons. The van der Waals surface area contributed by atoms with Gasteiger partial charge in [-0.3, -0.25) is 19.3 Å². The number of amides is 1. The summed E-state index contributed by atoms with van der Waals surface area (Å²) >= 11 is 6.81. The monoisotopic (exact) mass is 546 g/mol. The van der Waals surface area contributed by atoms with Gasteiger partial charge < -0.3 is 26.2 Å². The number of nitrogens with two attached hydrogens (primary N) is 1. The maximum Gasteiger partial charge on any atom is 0.255 e. The minimum atomic E-state index is -2.58. The van der Waals surface area contributed by atoms with Crippen LogP contribution in [0.25, 0.3) is 0 Å². The summed E-state index contributed by atoms with van der Waals surface area (Å²) in [5.41, 5.74) is 2.78. The Morgan fingerprint density at radius 2 is 1.87 bits per heavy atom. The minimum absolute atomic E-state index is 0.0623. The van der Waals surface area contributed by atoms with Crippen LogP contribution in [0.2, 0.25) is 5.02 Å². The summed E-state index contributed by atoms with van der Waals surface area (Å²) in [5.74, 6) is -6.57. The third-order valence-electron chi connectivity index (χ3n) is 8.15. The van der Waals surface area contributed by atoms with E-state index in [4.69, 9.17) is 17.3 Å². The van der Waals surface area contributed by atoms with Crippen molar-refractivity contribution in [2.75, 3.05) is 7.05 Å². The predicted molar refractivity (Wildman–Crippen MR) is 141 cm³/mol. The number of primary amides is 1. The van der Waals surface area contributed by atoms with Gasteiger partial charge in [-0.05, 0) is 61.8 Å². The molecule has 0 spiro atoms. The van der Waals surface area contributed by atoms with E-state index in [9.17, 15) is 34.8 Å². The number of hydrogen-bond donors (Lipinski definition) is 5. The Morgan fingerprint density at radius 1 is 1.24 bits per heavy atom. The largest absolute Gasteiger partial charge is 0.511 e. The molecule has 0 heterocycles. The smallest absolute Gasteiger partial charge is 0.255 e. The van der Waals surface area contributed by atoms with Gasteiger partial charge in [-0.1, -0.05) is 32.4 Å². The van der Waals surface area contributed by atoms with Gasteiger partial charge in [-0.2, -0.15) is 0 Å². The molecule has 38 heavy (non-hydrogen) atoms. The summed E-state index contributed by atoms with van der Waals surface area (Å²) in [6.45, 7) is 9.04. The number of benzene rings is 1. The van der Waals surface area contributed by atoms with Crippen LogP contribution in [0.5, 0.6) is 5.75 Å². The van der Waals surface area contributed by atoms with E-state index in [2.05, 4.69) is 32.6 Å². The fraction of sp³-hybridized carbons (Fsp3) is 0.536. The molecule has 1 aromatic rings. The number of rotatable bonds is 5. The molecular weight excluding hydrogens is 512 g/mol. The number of halogens is 1. The molecule has 0 fully saturated rings. The van der Waals surface area contributed by atoms with Gasteiger partial charge in [-0.15, -0.1) is 0 Å². The van der Waals surface area contributed by atoms with Crippen LogP contribution in [-0.2, 0) is 22.6 Å². The Hall–Kier alpha value is -2.88. The molecular formula is C28H35ClN2O7. The van der Waals surface area contributed by atoms with Crippen molar-refractivity contribution >= 4 is 29.1 Å². The third-order valence-corrected chi connectivity index (χ3v) is 8.62. The van der Waals surface area contributed by atoms with E-state index in [0.717, 1.165) is 6.42 Å². The van der Waals surface area contributed by atoms with Gasteiger partial charge in [0.25, 0.3) is 5.91 Å². The highest BCUT2D eigenvalue weighted by molar-refractivity contribution is 6.33. The van der Waals surface area contributed by atoms with Crippen LogP contribution in [0, 0.1) is 17.3 Å². The van der Waals surface area contributed by atoms with Crippen LogP contribution in [-0.4, -0.2) is 61.5 Å². The molecule has 9 nitrogen and oxygen atoms in total. The summed E-state index contributed by atoms with van der Waals surface area (Å²) in [6.07, 6.45) is 0.904. The molecule has 6 N–H and O–H groups in total. The first-order chi connectivity index (χ1) is 17.5. The first kappa shape index (κ1) is 28.1. The number of carbonyl (C=O) groups is 3. The summed E-state index contributed by atoms with van der Waals surface area (Å²) in [6, 6.07) is 1.67. The average Bonchev–Trinajstić information content (AvgIpc) is 2.78. The molecule has 1 unspecified atom stereocenters. The fourth-order valence-electron chi connectivity index (χ4n) is 6.30. The van der Waals surface area contributed by atoms with Gasteiger partial charge in [0.1, 0.15) is 22.8 Å². The molecule has 4 rings (SSSR count). The van der Waals surface area contributed by atoms with Crippen LogP contribution in [0.1, 0.15) is 68.4 Å². The number of Topliss-reactive ketones (excluding diaryl/α,β-unsaturated/α-hetero) is 2. The lowest BCUT2D eigenvalue weighted by atomic mass is 9.60. The maximum atomic E-state index is 13.6. The van der Waals surface area contributed by atoms with Gasteiger partial charge >= 0.3 is 0 Å². The second-order valence-corrected chi connectivity index (χ2v) is 12.5. The Morgan fingerprint density at radius 3 is 2.45 bits per heavy atom. The number of fused-ring (bicyclic) bond motifs is 3. The molecule has 0 saturated carbocycles. The maximum absolute atomic E-state index is 13.6. The molecule has 3 aliphatic carbocycles. The zero-order valence-corrected chi connectivity index (χ0v) is 23.0. The lowest BCUT2D eigenvalue weighted by Gasteiger charge is -2.45. The van der Waals surface area contributed by atoms with E-state index in [1.165, 1.54) is 6.07 Å². The first-order valence-corrected chi connectivity index (χ1v) is 13.1. The van der Waals surface area contributed by atoms with Gasteiger partial charge in [0, 0.05) is 35.5 Å². The normalized spacial score (nSPS) is 26.3. The number of phenols is 1. The summed E-state index contributed by atoms with van der Waals surface area (Å²) in [7, 11) is 1.97. The quantitative estimate of drug-likeness (QED) is 0.350. The van der Waals surface area contributed by atoms with E-state index in [1.807, 2.05) is 7.05 Å². The third kappa shape index (κ3) is 4.40. The van der Waals surface area contributed by atoms with Crippen molar-refractivity contribution in [2.45, 2.75) is 71.6 Å². The standard InChI is InChI=1S/C28H35ClN2O7/c1-12(10-27(2,3)4)31(5)11-14-8-17(32)20-16(22(14)29)7-13-6-15-9-18(33)21(26(30)37)25(36)28(15,38)24(35)19(13)23(20)34/h8,12-13,15,32-33,35,38H,6-7,9-11H2,1-5H3,(H2,30,37)/t12-,13?,15+,28+/m1/s1. The average molecular weight is 547 g/mol. The summed E-state index contributed by atoms with van der Waals surface area (Å²) in [4.78, 5) is 40.5. The molecule has 206 valence electrons. The molecule has 1 aromatic carbocycles. The number of aliphatic hydroxyl groups excluding tert-OH is 2. The first-order valence-electron chi connectivity index (χ1n) is 12.7. The molecule has 0 saturated heterocycles. The van der Waals surface area contributed by atoms with Crippen molar-refractivity contribution in [1.82, 2.24) is 4.90 Å². The van der Waals surface area contributed by atoms with E-state index < -0.39 is 52.0 Å². The lowest BCUT2D eigenvalue weighted by Crippen LogP contribution is -2.57. The molecule has 10 heteroatoms. The number of aliphatic hydroxyl groups is 3. The van der Waals surface area contributed by atoms with Crippen molar-refractivity contribution in [2.24, 2.45) is 23.0 Å². The minimum Gasteiger partial charge on any atom is -0.511 e. The predicted octanol–water partition coefficient (Wildman–Crippen LogP) is 3.49. The summed E-state index contributed by atoms with van der Waals surface area (Å²) < 4.78 is 0. The highest BCUT2D eigenvalue weighted by Gasteiger charge is 2.59. The highest BCUT2D eigenvalue weighted by Crippen LogP contribution is 2.52. The van der Waals surface area contributed by atoms with Crippen molar-refractivity contribution < 1.29 is 34.8 Å². The van der Waals surface area contributed by atoms with E-state index in [0.29, 0.717) is 22.7 Å². The van der Waals surface area contributed by atoms with Crippen molar-refractivity contribution in [3.8, 4) is 5.75 Å². The van der Waals surface area contributed by atoms with Gasteiger partial charge in [-0.25, -0.2) is 0 Å². The second kappa shape index (κ2) is 9.39. The number of nitrogens with zero attached hydrogens (tertiary/aromatic N) is 1. The number of phenolic OH excluding ortho intramolecular Hbond substituents is 1. The second-order valence-electron chi connectivity index (χ2n) is 12.2. The van der Waals surface area contributed by atoms with E-state index in [-0.39, 0.29) is 47.6 Å². The van der Waals surface area contributed by atoms with Crippen LogP contribution in [0.15, 0.2) is 28.7 Å². The Kier molecular flexibility index (Phi) is 6.96. The van der Waals surface area contributed by atoms with Crippen molar-refractivity contribution in [3.63, 3.8) is 0 Å². The van der Waals surface area contributed by atoms with Crippen LogP contribution >= 0.6 is 11.6 Å². The zero-order valence-electron chi connectivity index (χ0n) is 22.3. The van der Waals surface area contributed by atoms with Gasteiger partial charge in [0.15, 0.2) is 11.4 Å². The number of ketones is 2. The van der Waals surface area contributed by atoms with E-state index in [1.54, 1.807) is 0 Å². The van der Waals surface area contributed by atoms with Crippen LogP contribution < -0.4 is 5.73 Å². The SMILES string of the molecule is C[C@H](CC(C)(C)C)N(C)Cc1cc(O)c2c(c1Cl)CC1C[C@H]3CC(O)=C(C(N)=O)C(=O)[C@@]3(O)C(O)=C1C2=O. The number of carbonyl (C=O) groups excluding carboxylic acids is 3. The molecule has 0 aromatic heterocycles. The highest BCUT2D eigenvalue weighted by atomic mass is 35.5. The number of aromatic hydroxyl groups is 1. The van der Waals surface area contributed by atoms with Gasteiger partial charge in [0.2, 0.25) is 5.78 Å². The Bertz CT molecular complexity index is 1310. The van der Waals surface area contributed by atoms with Gasteiger partial charge in [0.05, 0.1) is 5.56 Å². The summed E-state index contributed by atoms with van der Waals surface area (Å²) in [5, 5.41) is 44.0. The zero-order chi connectivity index (χ0) is 28.5. The fourth-order valence-corrected chi connectivity index (χ4v) is 6.59. The number of hydrogen-bond acceptors (Lipinski definition) is 8. The Balaban J connectivity index is 1.74. The van der Waals surface area contributed by atoms with Crippen molar-refractivity contribution in [1.29, 1.82) is 0 Å². The number of allylic oxidation sites excluding steroid dienone is 2. The van der Waals surface area contributed by atoms with E-state index >= 15 is 0 Å². The topological polar surface area (TPSA) is 161 Å². The van der Waals surface area contributed by atoms with Crippen LogP contribution in [0.3, 0.4) is 0 Å².